The van der Waals surface area contributed by atoms with Crippen molar-refractivity contribution in [3.63, 3.8) is 0 Å². The third-order valence-corrected chi connectivity index (χ3v) is 3.09. The Kier molecular flexibility index (Phi) is 3.45. The van der Waals surface area contributed by atoms with Gasteiger partial charge in [0.15, 0.2) is 5.65 Å². The third kappa shape index (κ3) is 2.60. The Balaban J connectivity index is 1.80. The van der Waals surface area contributed by atoms with Crippen LogP contribution in [0.2, 0.25) is 0 Å². The van der Waals surface area contributed by atoms with Crippen molar-refractivity contribution in [2.75, 3.05) is 31.7 Å². The highest BCUT2D eigenvalue weighted by atomic mass is 16.5. The smallest absolute Gasteiger partial charge is 0.229 e. The van der Waals surface area contributed by atoms with Crippen LogP contribution in [0.4, 0.5) is 5.95 Å². The largest absolute Gasteiger partial charge is 0.477 e. The van der Waals surface area contributed by atoms with Gasteiger partial charge in [0.2, 0.25) is 11.8 Å². The predicted octanol–water partition coefficient (Wildman–Crippen LogP) is 1.20. The first-order valence-corrected chi connectivity index (χ1v) is 6.52. The molecule has 19 heavy (non-hydrogen) atoms. The van der Waals surface area contributed by atoms with E-state index in [1.165, 1.54) is 0 Å². The lowest BCUT2D eigenvalue weighted by Gasteiger charge is -2.11. The standard InChI is InChI=1S/C12H17N5O2/c1-2-13-12-15-10-9(5-14-17-10)11(16-12)19-7-8-3-4-18-6-8/h5,8H,2-4,6-7H2,1H3,(H2,13,14,15,16,17). The van der Waals surface area contributed by atoms with E-state index in [1.54, 1.807) is 6.20 Å². The first-order valence-electron chi connectivity index (χ1n) is 6.52. The summed E-state index contributed by atoms with van der Waals surface area (Å²) in [5.41, 5.74) is 0.684. The average molecular weight is 263 g/mol. The molecule has 1 aliphatic rings. The van der Waals surface area contributed by atoms with Gasteiger partial charge in [-0.2, -0.15) is 15.1 Å². The number of anilines is 1. The van der Waals surface area contributed by atoms with Crippen LogP contribution < -0.4 is 10.1 Å². The molecule has 1 aliphatic heterocycles. The number of ether oxygens (including phenoxy) is 2. The van der Waals surface area contributed by atoms with E-state index in [4.69, 9.17) is 9.47 Å². The zero-order valence-corrected chi connectivity index (χ0v) is 10.8. The summed E-state index contributed by atoms with van der Waals surface area (Å²) in [5, 5.41) is 10.7. The Labute approximate surface area is 110 Å². The monoisotopic (exact) mass is 263 g/mol. The van der Waals surface area contributed by atoms with Gasteiger partial charge in [-0.3, -0.25) is 5.10 Å². The number of rotatable bonds is 5. The van der Waals surface area contributed by atoms with Gasteiger partial charge >= 0.3 is 0 Å². The summed E-state index contributed by atoms with van der Waals surface area (Å²) in [6.07, 6.45) is 2.73. The summed E-state index contributed by atoms with van der Waals surface area (Å²) < 4.78 is 11.2. The van der Waals surface area contributed by atoms with Crippen LogP contribution in [0.5, 0.6) is 5.88 Å². The number of nitrogens with zero attached hydrogens (tertiary/aromatic N) is 3. The number of aromatic amines is 1. The normalized spacial score (nSPS) is 18.9. The lowest BCUT2D eigenvalue weighted by Crippen LogP contribution is -2.13. The lowest BCUT2D eigenvalue weighted by molar-refractivity contribution is 0.166. The molecule has 3 rings (SSSR count). The molecule has 1 saturated heterocycles. The first kappa shape index (κ1) is 12.2. The minimum atomic E-state index is 0.444. The van der Waals surface area contributed by atoms with Crippen molar-refractivity contribution in [1.29, 1.82) is 0 Å². The Morgan fingerprint density at radius 2 is 2.47 bits per heavy atom. The molecule has 2 aromatic heterocycles. The Morgan fingerprint density at radius 1 is 1.53 bits per heavy atom. The zero-order valence-electron chi connectivity index (χ0n) is 10.8. The lowest BCUT2D eigenvalue weighted by atomic mass is 10.1. The summed E-state index contributed by atoms with van der Waals surface area (Å²) in [4.78, 5) is 8.70. The van der Waals surface area contributed by atoms with Crippen LogP contribution in [0.25, 0.3) is 11.0 Å². The number of hydrogen-bond donors (Lipinski definition) is 2. The van der Waals surface area contributed by atoms with E-state index in [2.05, 4.69) is 25.5 Å². The summed E-state index contributed by atoms with van der Waals surface area (Å²) in [6.45, 7) is 4.95. The molecular weight excluding hydrogens is 246 g/mol. The van der Waals surface area contributed by atoms with Gasteiger partial charge in [-0.05, 0) is 13.3 Å². The second kappa shape index (κ2) is 5.40. The van der Waals surface area contributed by atoms with Gasteiger partial charge in [-0.1, -0.05) is 0 Å². The minimum Gasteiger partial charge on any atom is -0.477 e. The highest BCUT2D eigenvalue weighted by molar-refractivity contribution is 5.80. The van der Waals surface area contributed by atoms with Crippen LogP contribution in [0.1, 0.15) is 13.3 Å². The van der Waals surface area contributed by atoms with Crippen LogP contribution in [-0.2, 0) is 4.74 Å². The fourth-order valence-corrected chi connectivity index (χ4v) is 2.07. The van der Waals surface area contributed by atoms with E-state index in [-0.39, 0.29) is 0 Å². The SMILES string of the molecule is CCNc1nc(OCC2CCOC2)c2cn[nH]c2n1. The van der Waals surface area contributed by atoms with Crippen molar-refractivity contribution in [1.82, 2.24) is 20.2 Å². The molecule has 7 heteroatoms. The van der Waals surface area contributed by atoms with Crippen LogP contribution in [0.3, 0.4) is 0 Å². The van der Waals surface area contributed by atoms with E-state index in [0.717, 1.165) is 31.6 Å². The molecule has 2 aromatic rings. The van der Waals surface area contributed by atoms with Gasteiger partial charge in [0.1, 0.15) is 5.39 Å². The summed E-state index contributed by atoms with van der Waals surface area (Å²) >= 11 is 0. The molecule has 0 aliphatic carbocycles. The van der Waals surface area contributed by atoms with Gasteiger partial charge in [-0.15, -0.1) is 0 Å². The topological polar surface area (TPSA) is 85.0 Å². The Morgan fingerprint density at radius 3 is 3.26 bits per heavy atom. The van der Waals surface area contributed by atoms with Gasteiger partial charge in [0.05, 0.1) is 19.4 Å². The van der Waals surface area contributed by atoms with Crippen LogP contribution in [-0.4, -0.2) is 46.5 Å². The first-order chi connectivity index (χ1) is 9.36. The van der Waals surface area contributed by atoms with E-state index >= 15 is 0 Å². The molecule has 102 valence electrons. The maximum Gasteiger partial charge on any atom is 0.229 e. The van der Waals surface area contributed by atoms with E-state index in [9.17, 15) is 0 Å². The highest BCUT2D eigenvalue weighted by Gasteiger charge is 2.18. The Bertz CT molecular complexity index is 550. The van der Waals surface area contributed by atoms with E-state index in [1.807, 2.05) is 6.92 Å². The molecule has 1 atom stereocenters. The number of fused-ring (bicyclic) bond motifs is 1. The molecule has 2 N–H and O–H groups in total. The van der Waals surface area contributed by atoms with Gasteiger partial charge in [-0.25, -0.2) is 0 Å². The number of aromatic nitrogens is 4. The van der Waals surface area contributed by atoms with Gasteiger partial charge < -0.3 is 14.8 Å². The molecule has 1 unspecified atom stereocenters. The van der Waals surface area contributed by atoms with Crippen molar-refractivity contribution < 1.29 is 9.47 Å². The molecule has 0 saturated carbocycles. The average Bonchev–Trinajstić information content (AvgIpc) is 3.07. The van der Waals surface area contributed by atoms with E-state index < -0.39 is 0 Å². The van der Waals surface area contributed by atoms with Crippen molar-refractivity contribution in [3.05, 3.63) is 6.20 Å². The van der Waals surface area contributed by atoms with Crippen molar-refractivity contribution in [3.8, 4) is 5.88 Å². The van der Waals surface area contributed by atoms with Gasteiger partial charge in [0, 0.05) is 19.1 Å². The molecule has 1 fully saturated rings. The summed E-state index contributed by atoms with van der Waals surface area (Å²) in [6, 6.07) is 0. The second-order valence-electron chi connectivity index (χ2n) is 4.56. The summed E-state index contributed by atoms with van der Waals surface area (Å²) in [7, 11) is 0. The second-order valence-corrected chi connectivity index (χ2v) is 4.56. The summed E-state index contributed by atoms with van der Waals surface area (Å²) in [5.74, 6) is 1.57. The zero-order chi connectivity index (χ0) is 13.1. The van der Waals surface area contributed by atoms with Crippen molar-refractivity contribution >= 4 is 17.0 Å². The number of nitrogens with one attached hydrogen (secondary N) is 2. The molecule has 0 aromatic carbocycles. The van der Waals surface area contributed by atoms with Crippen LogP contribution in [0.15, 0.2) is 6.20 Å². The predicted molar refractivity (Wildman–Crippen MR) is 70.3 cm³/mol. The maximum atomic E-state index is 5.82. The molecule has 7 nitrogen and oxygen atoms in total. The number of H-pyrrole nitrogens is 1. The fraction of sp³-hybridized carbons (Fsp3) is 0.583. The third-order valence-electron chi connectivity index (χ3n) is 3.09. The van der Waals surface area contributed by atoms with Crippen LogP contribution in [0, 0.1) is 5.92 Å². The molecule has 0 radical (unpaired) electrons. The molecule has 3 heterocycles. The molecular formula is C12H17N5O2. The minimum absolute atomic E-state index is 0.444. The fourth-order valence-electron chi connectivity index (χ4n) is 2.07. The Hall–Kier alpha value is -1.89. The maximum absolute atomic E-state index is 5.82. The van der Waals surface area contributed by atoms with Crippen molar-refractivity contribution in [2.45, 2.75) is 13.3 Å². The highest BCUT2D eigenvalue weighted by Crippen LogP contribution is 2.23. The number of hydrogen-bond acceptors (Lipinski definition) is 6. The molecule has 0 bridgehead atoms. The van der Waals surface area contributed by atoms with Gasteiger partial charge in [0.25, 0.3) is 0 Å². The van der Waals surface area contributed by atoms with Crippen LogP contribution >= 0.6 is 0 Å². The molecule has 0 spiro atoms. The quantitative estimate of drug-likeness (QED) is 0.843. The molecule has 0 amide bonds. The van der Waals surface area contributed by atoms with Crippen molar-refractivity contribution in [2.24, 2.45) is 5.92 Å². The van der Waals surface area contributed by atoms with E-state index in [0.29, 0.717) is 30.0 Å².